The molecular formula is C15H23NO. The second kappa shape index (κ2) is 7.10. The van der Waals surface area contributed by atoms with Crippen LogP contribution in [0.5, 0.6) is 0 Å². The van der Waals surface area contributed by atoms with Gasteiger partial charge in [0.1, 0.15) is 0 Å². The summed E-state index contributed by atoms with van der Waals surface area (Å²) in [6.07, 6.45) is 3.64. The van der Waals surface area contributed by atoms with E-state index in [0.29, 0.717) is 5.92 Å². The van der Waals surface area contributed by atoms with Crippen molar-refractivity contribution in [2.45, 2.75) is 40.0 Å². The Morgan fingerprint density at radius 3 is 2.53 bits per heavy atom. The molecule has 1 rings (SSSR count). The predicted molar refractivity (Wildman–Crippen MR) is 72.2 cm³/mol. The van der Waals surface area contributed by atoms with Gasteiger partial charge in [0.15, 0.2) is 0 Å². The van der Waals surface area contributed by atoms with Crippen molar-refractivity contribution < 1.29 is 4.79 Å². The van der Waals surface area contributed by atoms with Crippen molar-refractivity contribution in [3.05, 3.63) is 35.4 Å². The summed E-state index contributed by atoms with van der Waals surface area (Å²) in [5.41, 5.74) is 1.93. The molecule has 2 nitrogen and oxygen atoms in total. The quantitative estimate of drug-likeness (QED) is 0.800. The molecule has 0 spiro atoms. The highest BCUT2D eigenvalue weighted by Gasteiger charge is 2.07. The molecule has 0 saturated carbocycles. The largest absolute Gasteiger partial charge is 0.352 e. The third kappa shape index (κ3) is 5.03. The Bertz CT molecular complexity index is 342. The predicted octanol–water partition coefficient (Wildman–Crippen LogP) is 3.55. The maximum atomic E-state index is 11.8. The van der Waals surface area contributed by atoms with E-state index >= 15 is 0 Å². The van der Waals surface area contributed by atoms with Gasteiger partial charge in [0, 0.05) is 12.1 Å². The standard InChI is InChI=1S/C15H23NO/c1-4-5-6-13(3)11-16-15(17)14-9-7-12(2)8-10-14/h7-10,13H,4-6,11H2,1-3H3,(H,16,17). The Morgan fingerprint density at radius 2 is 1.94 bits per heavy atom. The van der Waals surface area contributed by atoms with Crippen LogP contribution in [-0.4, -0.2) is 12.5 Å². The average Bonchev–Trinajstić information content (AvgIpc) is 2.34. The van der Waals surface area contributed by atoms with Crippen LogP contribution in [0.15, 0.2) is 24.3 Å². The van der Waals surface area contributed by atoms with Crippen LogP contribution in [0.4, 0.5) is 0 Å². The minimum Gasteiger partial charge on any atom is -0.352 e. The van der Waals surface area contributed by atoms with E-state index in [1.165, 1.54) is 24.8 Å². The lowest BCUT2D eigenvalue weighted by atomic mass is 10.0. The summed E-state index contributed by atoms with van der Waals surface area (Å²) in [6, 6.07) is 7.69. The van der Waals surface area contributed by atoms with Crippen LogP contribution in [-0.2, 0) is 0 Å². The smallest absolute Gasteiger partial charge is 0.251 e. The van der Waals surface area contributed by atoms with Gasteiger partial charge >= 0.3 is 0 Å². The van der Waals surface area contributed by atoms with E-state index in [2.05, 4.69) is 19.2 Å². The van der Waals surface area contributed by atoms with Crippen molar-refractivity contribution in [2.75, 3.05) is 6.54 Å². The summed E-state index contributed by atoms with van der Waals surface area (Å²) in [6.45, 7) is 7.17. The van der Waals surface area contributed by atoms with Crippen LogP contribution in [0.25, 0.3) is 0 Å². The first-order valence-electron chi connectivity index (χ1n) is 6.48. The number of amides is 1. The number of aryl methyl sites for hydroxylation is 1. The number of hydrogen-bond acceptors (Lipinski definition) is 1. The number of nitrogens with one attached hydrogen (secondary N) is 1. The minimum absolute atomic E-state index is 0.0355. The van der Waals surface area contributed by atoms with Crippen molar-refractivity contribution in [1.82, 2.24) is 5.32 Å². The number of carbonyl (C=O) groups excluding carboxylic acids is 1. The first-order chi connectivity index (χ1) is 8.13. The van der Waals surface area contributed by atoms with E-state index in [0.717, 1.165) is 12.1 Å². The Hall–Kier alpha value is -1.31. The fourth-order valence-electron chi connectivity index (χ4n) is 1.73. The van der Waals surface area contributed by atoms with Crippen LogP contribution >= 0.6 is 0 Å². The molecule has 0 aliphatic carbocycles. The number of benzene rings is 1. The van der Waals surface area contributed by atoms with Gasteiger partial charge in [-0.05, 0) is 31.4 Å². The molecular weight excluding hydrogens is 210 g/mol. The number of unbranched alkanes of at least 4 members (excludes halogenated alkanes) is 1. The van der Waals surface area contributed by atoms with E-state index in [-0.39, 0.29) is 5.91 Å². The van der Waals surface area contributed by atoms with Crippen molar-refractivity contribution in [3.8, 4) is 0 Å². The van der Waals surface area contributed by atoms with Gasteiger partial charge in [0.05, 0.1) is 0 Å². The molecule has 0 aliphatic heterocycles. The zero-order valence-corrected chi connectivity index (χ0v) is 11.1. The molecule has 0 fully saturated rings. The molecule has 17 heavy (non-hydrogen) atoms. The van der Waals surface area contributed by atoms with Gasteiger partial charge < -0.3 is 5.32 Å². The van der Waals surface area contributed by atoms with Crippen LogP contribution < -0.4 is 5.32 Å². The van der Waals surface area contributed by atoms with Crippen molar-refractivity contribution in [3.63, 3.8) is 0 Å². The van der Waals surface area contributed by atoms with E-state index in [1.807, 2.05) is 31.2 Å². The number of hydrogen-bond donors (Lipinski definition) is 1. The Labute approximate surface area is 104 Å². The number of rotatable bonds is 6. The van der Waals surface area contributed by atoms with Gasteiger partial charge in [-0.2, -0.15) is 0 Å². The van der Waals surface area contributed by atoms with E-state index < -0.39 is 0 Å². The molecule has 1 aromatic carbocycles. The summed E-state index contributed by atoms with van der Waals surface area (Å²) in [5, 5.41) is 2.99. The molecule has 1 amide bonds. The molecule has 0 radical (unpaired) electrons. The molecule has 0 aliphatic rings. The summed E-state index contributed by atoms with van der Waals surface area (Å²) >= 11 is 0. The molecule has 94 valence electrons. The normalized spacial score (nSPS) is 12.2. The van der Waals surface area contributed by atoms with Crippen molar-refractivity contribution in [2.24, 2.45) is 5.92 Å². The molecule has 1 unspecified atom stereocenters. The van der Waals surface area contributed by atoms with E-state index in [9.17, 15) is 4.79 Å². The fraction of sp³-hybridized carbons (Fsp3) is 0.533. The van der Waals surface area contributed by atoms with Crippen LogP contribution in [0.1, 0.15) is 49.0 Å². The lowest BCUT2D eigenvalue weighted by Crippen LogP contribution is -2.28. The van der Waals surface area contributed by atoms with Gasteiger partial charge in [0.2, 0.25) is 0 Å². The number of carbonyl (C=O) groups is 1. The summed E-state index contributed by atoms with van der Waals surface area (Å²) < 4.78 is 0. The lowest BCUT2D eigenvalue weighted by Gasteiger charge is -2.12. The maximum absolute atomic E-state index is 11.8. The summed E-state index contributed by atoms with van der Waals surface area (Å²) in [4.78, 5) is 11.8. The van der Waals surface area contributed by atoms with Gasteiger partial charge in [-0.3, -0.25) is 4.79 Å². The zero-order chi connectivity index (χ0) is 12.7. The zero-order valence-electron chi connectivity index (χ0n) is 11.1. The van der Waals surface area contributed by atoms with Crippen molar-refractivity contribution >= 4 is 5.91 Å². The van der Waals surface area contributed by atoms with Gasteiger partial charge in [-0.1, -0.05) is 44.4 Å². The molecule has 1 aromatic rings. The molecule has 0 heterocycles. The second-order valence-corrected chi connectivity index (χ2v) is 4.82. The molecule has 1 atom stereocenters. The monoisotopic (exact) mass is 233 g/mol. The Kier molecular flexibility index (Phi) is 5.75. The minimum atomic E-state index is 0.0355. The second-order valence-electron chi connectivity index (χ2n) is 4.82. The maximum Gasteiger partial charge on any atom is 0.251 e. The topological polar surface area (TPSA) is 29.1 Å². The first kappa shape index (κ1) is 13.8. The van der Waals surface area contributed by atoms with Crippen LogP contribution in [0.3, 0.4) is 0 Å². The van der Waals surface area contributed by atoms with Crippen LogP contribution in [0.2, 0.25) is 0 Å². The molecule has 0 aromatic heterocycles. The molecule has 0 bridgehead atoms. The highest BCUT2D eigenvalue weighted by Crippen LogP contribution is 2.07. The fourth-order valence-corrected chi connectivity index (χ4v) is 1.73. The third-order valence-corrected chi connectivity index (χ3v) is 2.98. The van der Waals surface area contributed by atoms with E-state index in [1.54, 1.807) is 0 Å². The highest BCUT2D eigenvalue weighted by molar-refractivity contribution is 5.94. The lowest BCUT2D eigenvalue weighted by molar-refractivity contribution is 0.0947. The van der Waals surface area contributed by atoms with E-state index in [4.69, 9.17) is 0 Å². The van der Waals surface area contributed by atoms with Gasteiger partial charge in [-0.25, -0.2) is 0 Å². The third-order valence-electron chi connectivity index (χ3n) is 2.98. The van der Waals surface area contributed by atoms with Gasteiger partial charge in [0.25, 0.3) is 5.91 Å². The van der Waals surface area contributed by atoms with Crippen LogP contribution in [0, 0.1) is 12.8 Å². The SMILES string of the molecule is CCCCC(C)CNC(=O)c1ccc(C)cc1. The molecule has 1 N–H and O–H groups in total. The Morgan fingerprint density at radius 1 is 1.29 bits per heavy atom. The Balaban J connectivity index is 2.36. The van der Waals surface area contributed by atoms with Crippen molar-refractivity contribution in [1.29, 1.82) is 0 Å². The highest BCUT2D eigenvalue weighted by atomic mass is 16.1. The van der Waals surface area contributed by atoms with Gasteiger partial charge in [-0.15, -0.1) is 0 Å². The first-order valence-corrected chi connectivity index (χ1v) is 6.48. The summed E-state index contributed by atoms with van der Waals surface area (Å²) in [5.74, 6) is 0.595. The summed E-state index contributed by atoms with van der Waals surface area (Å²) in [7, 11) is 0. The molecule has 2 heteroatoms. The molecule has 0 saturated heterocycles. The average molecular weight is 233 g/mol.